The summed E-state index contributed by atoms with van der Waals surface area (Å²) < 4.78 is 1.81. The molecule has 1 amide bonds. The van der Waals surface area contributed by atoms with E-state index in [2.05, 4.69) is 37.2 Å². The number of amides is 1. The van der Waals surface area contributed by atoms with Crippen molar-refractivity contribution in [2.24, 2.45) is 5.92 Å². The van der Waals surface area contributed by atoms with Gasteiger partial charge in [-0.05, 0) is 42.5 Å². The van der Waals surface area contributed by atoms with Gasteiger partial charge < -0.3 is 5.32 Å². The number of nitrogens with zero attached hydrogens (tertiary/aromatic N) is 2. The molecule has 0 spiro atoms. The molecule has 4 rings (SSSR count). The van der Waals surface area contributed by atoms with E-state index in [9.17, 15) is 4.79 Å². The number of hydrazine groups is 1. The predicted octanol–water partition coefficient (Wildman–Crippen LogP) is 1.51. The van der Waals surface area contributed by atoms with Crippen molar-refractivity contribution >= 4 is 21.8 Å². The first-order valence-electron chi connectivity index (χ1n) is 8.24. The molecule has 3 unspecified atom stereocenters. The van der Waals surface area contributed by atoms with Gasteiger partial charge in [0.25, 0.3) is 0 Å². The number of nitrogens with one attached hydrogen (secondary N) is 3. The van der Waals surface area contributed by atoms with Crippen LogP contribution in [-0.4, -0.2) is 32.6 Å². The molecule has 2 aromatic rings. The van der Waals surface area contributed by atoms with E-state index in [1.165, 1.54) is 12.8 Å². The van der Waals surface area contributed by atoms with E-state index in [4.69, 9.17) is 0 Å². The van der Waals surface area contributed by atoms with Gasteiger partial charge in [-0.15, -0.1) is 0 Å². The average molecular weight is 390 g/mol. The van der Waals surface area contributed by atoms with Gasteiger partial charge in [0.1, 0.15) is 6.04 Å². The van der Waals surface area contributed by atoms with E-state index in [0.717, 1.165) is 11.3 Å². The minimum Gasteiger partial charge on any atom is -0.351 e. The van der Waals surface area contributed by atoms with Crippen molar-refractivity contribution in [3.05, 3.63) is 48.3 Å². The van der Waals surface area contributed by atoms with Gasteiger partial charge in [0.2, 0.25) is 5.91 Å². The molecule has 126 valence electrons. The van der Waals surface area contributed by atoms with Gasteiger partial charge >= 0.3 is 0 Å². The molecule has 3 atom stereocenters. The molecule has 1 aromatic heterocycles. The van der Waals surface area contributed by atoms with Gasteiger partial charge in [-0.25, -0.2) is 10.1 Å². The van der Waals surface area contributed by atoms with E-state index < -0.39 is 0 Å². The topological polar surface area (TPSA) is 71.0 Å². The van der Waals surface area contributed by atoms with Crippen molar-refractivity contribution < 1.29 is 4.79 Å². The zero-order chi connectivity index (χ0) is 16.5. The fourth-order valence-corrected chi connectivity index (χ4v) is 4.02. The smallest absolute Gasteiger partial charge is 0.239 e. The molecule has 2 heterocycles. The molecule has 1 aliphatic carbocycles. The summed E-state index contributed by atoms with van der Waals surface area (Å²) in [5.74, 6) is 0.707. The largest absolute Gasteiger partial charge is 0.351 e. The summed E-state index contributed by atoms with van der Waals surface area (Å²) in [6, 6.07) is 10.0. The van der Waals surface area contributed by atoms with Crippen LogP contribution in [0.5, 0.6) is 0 Å². The molecule has 2 fully saturated rings. The van der Waals surface area contributed by atoms with Gasteiger partial charge in [0.05, 0.1) is 10.5 Å². The standard InChI is InChI=1S/C17H20BrN5O/c18-14-15(12-4-5-12)21-22-16(14)17(24)19-10-11-2-6-13(7-3-11)23-9-1-8-20-23/h1-3,6-9,12,14-16,21-22H,4-5,10H2,(H,19,24). The molecular formula is C17H20BrN5O. The van der Waals surface area contributed by atoms with Gasteiger partial charge in [-0.3, -0.25) is 10.2 Å². The van der Waals surface area contributed by atoms with Gasteiger partial charge in [-0.2, -0.15) is 5.10 Å². The zero-order valence-electron chi connectivity index (χ0n) is 13.2. The van der Waals surface area contributed by atoms with Crippen LogP contribution in [-0.2, 0) is 11.3 Å². The molecule has 7 heteroatoms. The Hall–Kier alpha value is -1.70. The van der Waals surface area contributed by atoms with Crippen LogP contribution in [0.2, 0.25) is 0 Å². The summed E-state index contributed by atoms with van der Waals surface area (Å²) in [6.07, 6.45) is 6.15. The summed E-state index contributed by atoms with van der Waals surface area (Å²) in [5, 5.41) is 7.22. The second kappa shape index (κ2) is 6.66. The maximum Gasteiger partial charge on any atom is 0.239 e. The maximum atomic E-state index is 12.4. The van der Waals surface area contributed by atoms with Crippen LogP contribution in [0.15, 0.2) is 42.7 Å². The molecule has 6 nitrogen and oxygen atoms in total. The SMILES string of the molecule is O=C(NCc1ccc(-n2cccn2)cc1)C1NNC(C2CC2)C1Br. The number of benzene rings is 1. The third kappa shape index (κ3) is 3.24. The zero-order valence-corrected chi connectivity index (χ0v) is 14.7. The quantitative estimate of drug-likeness (QED) is 0.677. The lowest BCUT2D eigenvalue weighted by Crippen LogP contribution is -2.45. The summed E-state index contributed by atoms with van der Waals surface area (Å²) in [7, 11) is 0. The average Bonchev–Trinajstić information content (AvgIpc) is 3.15. The van der Waals surface area contributed by atoms with Crippen molar-refractivity contribution in [2.75, 3.05) is 0 Å². The Morgan fingerprint density at radius 2 is 2.08 bits per heavy atom. The van der Waals surface area contributed by atoms with Crippen molar-refractivity contribution in [1.82, 2.24) is 25.9 Å². The highest BCUT2D eigenvalue weighted by atomic mass is 79.9. The van der Waals surface area contributed by atoms with E-state index in [1.54, 1.807) is 6.20 Å². The normalized spacial score (nSPS) is 26.5. The first kappa shape index (κ1) is 15.8. The highest BCUT2D eigenvalue weighted by Crippen LogP contribution is 2.38. The Morgan fingerprint density at radius 1 is 1.29 bits per heavy atom. The number of carbonyl (C=O) groups is 1. The number of aromatic nitrogens is 2. The van der Waals surface area contributed by atoms with Gasteiger partial charge in [-0.1, -0.05) is 28.1 Å². The number of hydrogen-bond donors (Lipinski definition) is 3. The monoisotopic (exact) mass is 389 g/mol. The van der Waals surface area contributed by atoms with Crippen molar-refractivity contribution in [3.8, 4) is 5.69 Å². The van der Waals surface area contributed by atoms with Crippen molar-refractivity contribution in [3.63, 3.8) is 0 Å². The fourth-order valence-electron chi connectivity index (χ4n) is 3.08. The third-order valence-corrected chi connectivity index (χ3v) is 5.75. The van der Waals surface area contributed by atoms with Crippen molar-refractivity contribution in [1.29, 1.82) is 0 Å². The molecule has 2 aliphatic rings. The summed E-state index contributed by atoms with van der Waals surface area (Å²) in [4.78, 5) is 12.5. The van der Waals surface area contributed by atoms with E-state index in [0.29, 0.717) is 18.5 Å². The second-order valence-corrected chi connectivity index (χ2v) is 7.47. The summed E-state index contributed by atoms with van der Waals surface area (Å²) in [5.41, 5.74) is 8.44. The molecule has 1 saturated heterocycles. The molecule has 3 N–H and O–H groups in total. The van der Waals surface area contributed by atoms with E-state index in [1.807, 2.05) is 41.2 Å². The first-order valence-corrected chi connectivity index (χ1v) is 9.16. The van der Waals surface area contributed by atoms with Gasteiger partial charge in [0, 0.05) is 25.0 Å². The Balaban J connectivity index is 1.32. The Labute approximate surface area is 149 Å². The van der Waals surface area contributed by atoms with Crippen LogP contribution in [0.3, 0.4) is 0 Å². The number of hydrogen-bond acceptors (Lipinski definition) is 4. The summed E-state index contributed by atoms with van der Waals surface area (Å²) >= 11 is 3.67. The van der Waals surface area contributed by atoms with Crippen LogP contribution in [0.25, 0.3) is 5.69 Å². The molecule has 1 saturated carbocycles. The Bertz CT molecular complexity index is 698. The van der Waals surface area contributed by atoms with E-state index >= 15 is 0 Å². The lowest BCUT2D eigenvalue weighted by molar-refractivity contribution is -0.122. The molecule has 1 aliphatic heterocycles. The lowest BCUT2D eigenvalue weighted by atomic mass is 10.1. The molecule has 0 bridgehead atoms. The second-order valence-electron chi connectivity index (χ2n) is 6.41. The number of rotatable bonds is 5. The lowest BCUT2D eigenvalue weighted by Gasteiger charge is -2.16. The summed E-state index contributed by atoms with van der Waals surface area (Å²) in [6.45, 7) is 0.518. The first-order chi connectivity index (χ1) is 11.7. The maximum absolute atomic E-state index is 12.4. The van der Waals surface area contributed by atoms with Gasteiger partial charge in [0.15, 0.2) is 0 Å². The molecule has 0 radical (unpaired) electrons. The third-order valence-electron chi connectivity index (χ3n) is 4.65. The van der Waals surface area contributed by atoms with Crippen LogP contribution < -0.4 is 16.2 Å². The highest BCUT2D eigenvalue weighted by Gasteiger charge is 2.45. The van der Waals surface area contributed by atoms with E-state index in [-0.39, 0.29) is 16.8 Å². The predicted molar refractivity (Wildman–Crippen MR) is 94.7 cm³/mol. The molecule has 1 aromatic carbocycles. The fraction of sp³-hybridized carbons (Fsp3) is 0.412. The van der Waals surface area contributed by atoms with Crippen LogP contribution in [0, 0.1) is 5.92 Å². The number of halogens is 1. The Morgan fingerprint density at radius 3 is 2.75 bits per heavy atom. The number of alkyl halides is 1. The van der Waals surface area contributed by atoms with Crippen LogP contribution in [0.4, 0.5) is 0 Å². The Kier molecular flexibility index (Phi) is 4.39. The minimum absolute atomic E-state index is 0.0173. The van der Waals surface area contributed by atoms with Crippen LogP contribution in [0.1, 0.15) is 18.4 Å². The number of carbonyl (C=O) groups excluding carboxylic acids is 1. The van der Waals surface area contributed by atoms with Crippen LogP contribution >= 0.6 is 15.9 Å². The highest BCUT2D eigenvalue weighted by molar-refractivity contribution is 9.09. The minimum atomic E-state index is -0.237. The molecule has 24 heavy (non-hydrogen) atoms. The molecular weight excluding hydrogens is 370 g/mol. The van der Waals surface area contributed by atoms with Crippen molar-refractivity contribution in [2.45, 2.75) is 36.3 Å².